The van der Waals surface area contributed by atoms with E-state index in [1.54, 1.807) is 0 Å². The SMILES string of the molecule is CCCCNCC(O)COc1cccc2[nH]ccc12. The molecular weight excluding hydrogens is 240 g/mol. The van der Waals surface area contributed by atoms with Crippen molar-refractivity contribution in [3.63, 3.8) is 0 Å². The molecule has 0 aliphatic heterocycles. The molecule has 0 bridgehead atoms. The largest absolute Gasteiger partial charge is 0.490 e. The van der Waals surface area contributed by atoms with Crippen molar-refractivity contribution in [2.75, 3.05) is 19.7 Å². The Balaban J connectivity index is 1.80. The topological polar surface area (TPSA) is 57.3 Å². The molecule has 1 unspecified atom stereocenters. The standard InChI is InChI=1S/C15H22N2O2/c1-2-3-8-16-10-12(18)11-19-15-6-4-5-14-13(15)7-9-17-14/h4-7,9,12,16-18H,2-3,8,10-11H2,1H3. The molecule has 2 rings (SSSR count). The third kappa shape index (κ3) is 3.98. The number of hydrogen-bond donors (Lipinski definition) is 3. The Labute approximate surface area is 113 Å². The number of hydrogen-bond acceptors (Lipinski definition) is 3. The molecule has 2 aromatic rings. The third-order valence-corrected chi connectivity index (χ3v) is 3.07. The molecule has 0 amide bonds. The van der Waals surface area contributed by atoms with Gasteiger partial charge in [-0.3, -0.25) is 0 Å². The first-order valence-corrected chi connectivity index (χ1v) is 6.89. The van der Waals surface area contributed by atoms with Crippen LogP contribution in [0, 0.1) is 0 Å². The van der Waals surface area contributed by atoms with Crippen LogP contribution < -0.4 is 10.1 Å². The van der Waals surface area contributed by atoms with E-state index >= 15 is 0 Å². The van der Waals surface area contributed by atoms with Crippen LogP contribution in [0.2, 0.25) is 0 Å². The van der Waals surface area contributed by atoms with E-state index in [-0.39, 0.29) is 0 Å². The number of aliphatic hydroxyl groups is 1. The summed E-state index contributed by atoms with van der Waals surface area (Å²) < 4.78 is 5.69. The highest BCUT2D eigenvalue weighted by atomic mass is 16.5. The molecule has 1 aromatic heterocycles. The molecule has 19 heavy (non-hydrogen) atoms. The van der Waals surface area contributed by atoms with Gasteiger partial charge in [0.2, 0.25) is 0 Å². The number of aromatic amines is 1. The lowest BCUT2D eigenvalue weighted by Crippen LogP contribution is -2.31. The van der Waals surface area contributed by atoms with Gasteiger partial charge in [0.15, 0.2) is 0 Å². The molecule has 0 aliphatic rings. The van der Waals surface area contributed by atoms with Crippen LogP contribution in [0.5, 0.6) is 5.75 Å². The predicted molar refractivity (Wildman–Crippen MR) is 77.6 cm³/mol. The van der Waals surface area contributed by atoms with Crippen LogP contribution in [0.4, 0.5) is 0 Å². The average molecular weight is 262 g/mol. The molecule has 4 heteroatoms. The molecule has 1 atom stereocenters. The summed E-state index contributed by atoms with van der Waals surface area (Å²) in [6.07, 6.45) is 3.71. The van der Waals surface area contributed by atoms with Crippen molar-refractivity contribution in [2.45, 2.75) is 25.9 Å². The van der Waals surface area contributed by atoms with E-state index in [1.807, 2.05) is 30.5 Å². The smallest absolute Gasteiger partial charge is 0.128 e. The quantitative estimate of drug-likeness (QED) is 0.640. The van der Waals surface area contributed by atoms with Gasteiger partial charge < -0.3 is 20.1 Å². The number of benzene rings is 1. The number of aliphatic hydroxyl groups excluding tert-OH is 1. The highest BCUT2D eigenvalue weighted by Gasteiger charge is 2.07. The van der Waals surface area contributed by atoms with Crippen molar-refractivity contribution >= 4 is 10.9 Å². The Bertz CT molecular complexity index is 496. The third-order valence-electron chi connectivity index (χ3n) is 3.07. The van der Waals surface area contributed by atoms with E-state index in [9.17, 15) is 5.11 Å². The number of aromatic nitrogens is 1. The number of ether oxygens (including phenoxy) is 1. The number of H-pyrrole nitrogens is 1. The maximum absolute atomic E-state index is 9.84. The lowest BCUT2D eigenvalue weighted by Gasteiger charge is -2.13. The molecule has 1 heterocycles. The number of fused-ring (bicyclic) bond motifs is 1. The van der Waals surface area contributed by atoms with Crippen molar-refractivity contribution < 1.29 is 9.84 Å². The van der Waals surface area contributed by atoms with Gasteiger partial charge >= 0.3 is 0 Å². The zero-order chi connectivity index (χ0) is 13.5. The van der Waals surface area contributed by atoms with Crippen molar-refractivity contribution in [3.8, 4) is 5.75 Å². The fraction of sp³-hybridized carbons (Fsp3) is 0.467. The van der Waals surface area contributed by atoms with E-state index in [2.05, 4.69) is 17.2 Å². The minimum absolute atomic E-state index is 0.309. The first-order valence-electron chi connectivity index (χ1n) is 6.89. The Morgan fingerprint density at radius 1 is 1.37 bits per heavy atom. The van der Waals surface area contributed by atoms with Crippen molar-refractivity contribution in [3.05, 3.63) is 30.5 Å². The lowest BCUT2D eigenvalue weighted by molar-refractivity contribution is 0.107. The number of rotatable bonds is 8. The molecule has 0 saturated carbocycles. The van der Waals surface area contributed by atoms with E-state index < -0.39 is 6.10 Å². The summed E-state index contributed by atoms with van der Waals surface area (Å²) in [5, 5.41) is 14.1. The number of nitrogens with one attached hydrogen (secondary N) is 2. The van der Waals surface area contributed by atoms with Crippen LogP contribution >= 0.6 is 0 Å². The molecule has 0 aliphatic carbocycles. The summed E-state index contributed by atoms with van der Waals surface area (Å²) in [5.41, 5.74) is 1.05. The van der Waals surface area contributed by atoms with Gasteiger partial charge in [-0.05, 0) is 31.2 Å². The summed E-state index contributed by atoms with van der Waals surface area (Å²) in [6.45, 7) is 3.98. The monoisotopic (exact) mass is 262 g/mol. The zero-order valence-corrected chi connectivity index (χ0v) is 11.4. The summed E-state index contributed by atoms with van der Waals surface area (Å²) >= 11 is 0. The summed E-state index contributed by atoms with van der Waals surface area (Å²) in [5.74, 6) is 0.811. The predicted octanol–water partition coefficient (Wildman–Crippen LogP) is 2.30. The molecule has 104 valence electrons. The van der Waals surface area contributed by atoms with E-state index in [1.165, 1.54) is 0 Å². The zero-order valence-electron chi connectivity index (χ0n) is 11.4. The first kappa shape index (κ1) is 13.9. The van der Waals surface area contributed by atoms with Gasteiger partial charge in [-0.1, -0.05) is 19.4 Å². The maximum Gasteiger partial charge on any atom is 0.128 e. The van der Waals surface area contributed by atoms with Crippen LogP contribution in [0.3, 0.4) is 0 Å². The van der Waals surface area contributed by atoms with Crippen molar-refractivity contribution in [1.29, 1.82) is 0 Å². The Kier molecular flexibility index (Phi) is 5.24. The van der Waals surface area contributed by atoms with Crippen LogP contribution in [-0.4, -0.2) is 35.9 Å². The van der Waals surface area contributed by atoms with Gasteiger partial charge in [0.1, 0.15) is 18.5 Å². The van der Waals surface area contributed by atoms with Gasteiger partial charge in [0.05, 0.1) is 0 Å². The highest BCUT2D eigenvalue weighted by Crippen LogP contribution is 2.24. The van der Waals surface area contributed by atoms with Gasteiger partial charge in [0.25, 0.3) is 0 Å². The summed E-state index contributed by atoms with van der Waals surface area (Å²) in [7, 11) is 0. The average Bonchev–Trinajstić information content (AvgIpc) is 2.90. The van der Waals surface area contributed by atoms with Crippen LogP contribution in [0.25, 0.3) is 10.9 Å². The fourth-order valence-corrected chi connectivity index (χ4v) is 2.00. The second-order valence-electron chi connectivity index (χ2n) is 4.72. The normalized spacial score (nSPS) is 12.7. The first-order chi connectivity index (χ1) is 9.31. The second kappa shape index (κ2) is 7.16. The number of unbranched alkanes of at least 4 members (excludes halogenated alkanes) is 1. The van der Waals surface area contributed by atoms with Gasteiger partial charge in [-0.15, -0.1) is 0 Å². The molecular formula is C15H22N2O2. The van der Waals surface area contributed by atoms with Gasteiger partial charge in [-0.2, -0.15) is 0 Å². The Hall–Kier alpha value is -1.52. The lowest BCUT2D eigenvalue weighted by atomic mass is 10.2. The van der Waals surface area contributed by atoms with Crippen LogP contribution in [0.1, 0.15) is 19.8 Å². The van der Waals surface area contributed by atoms with E-state index in [4.69, 9.17) is 4.74 Å². The van der Waals surface area contributed by atoms with Gasteiger partial charge in [0, 0.05) is 23.6 Å². The molecule has 0 spiro atoms. The fourth-order valence-electron chi connectivity index (χ4n) is 2.00. The van der Waals surface area contributed by atoms with Crippen molar-refractivity contribution in [1.82, 2.24) is 10.3 Å². The Morgan fingerprint density at radius 3 is 3.11 bits per heavy atom. The molecule has 4 nitrogen and oxygen atoms in total. The maximum atomic E-state index is 9.84. The Morgan fingerprint density at radius 2 is 2.26 bits per heavy atom. The molecule has 0 saturated heterocycles. The van der Waals surface area contributed by atoms with Gasteiger partial charge in [-0.25, -0.2) is 0 Å². The van der Waals surface area contributed by atoms with Crippen molar-refractivity contribution in [2.24, 2.45) is 0 Å². The minimum atomic E-state index is -0.481. The van der Waals surface area contributed by atoms with Crippen LogP contribution in [0.15, 0.2) is 30.5 Å². The van der Waals surface area contributed by atoms with E-state index in [0.29, 0.717) is 13.2 Å². The molecule has 0 radical (unpaired) electrons. The summed E-state index contributed by atoms with van der Waals surface area (Å²) in [6, 6.07) is 7.86. The van der Waals surface area contributed by atoms with E-state index in [0.717, 1.165) is 36.0 Å². The molecule has 3 N–H and O–H groups in total. The summed E-state index contributed by atoms with van der Waals surface area (Å²) in [4.78, 5) is 3.14. The minimum Gasteiger partial charge on any atom is -0.490 e. The highest BCUT2D eigenvalue weighted by molar-refractivity contribution is 5.85. The molecule has 1 aromatic carbocycles. The van der Waals surface area contributed by atoms with Crippen LogP contribution in [-0.2, 0) is 0 Å². The molecule has 0 fully saturated rings. The second-order valence-corrected chi connectivity index (χ2v) is 4.72.